The van der Waals surface area contributed by atoms with Gasteiger partial charge in [-0.05, 0) is 47.5 Å². The number of nitrogens with two attached hydrogens (primary N) is 1. The summed E-state index contributed by atoms with van der Waals surface area (Å²) in [5.74, 6) is 0.381. The third-order valence-corrected chi connectivity index (χ3v) is 4.64. The number of benzene rings is 3. The second kappa shape index (κ2) is 7.40. The summed E-state index contributed by atoms with van der Waals surface area (Å²) >= 11 is 0. The second-order valence-corrected chi connectivity index (χ2v) is 6.35. The van der Waals surface area contributed by atoms with Gasteiger partial charge in [0.1, 0.15) is 5.75 Å². The lowest BCUT2D eigenvalue weighted by Crippen LogP contribution is -2.10. The van der Waals surface area contributed by atoms with Gasteiger partial charge in [-0.1, -0.05) is 36.4 Å². The maximum atomic E-state index is 11.3. The third-order valence-electron chi connectivity index (χ3n) is 4.64. The van der Waals surface area contributed by atoms with Gasteiger partial charge >= 0.3 is 0 Å². The zero-order chi connectivity index (χ0) is 19.5. The monoisotopic (exact) mass is 369 g/mol. The molecule has 0 unspecified atom stereocenters. The van der Waals surface area contributed by atoms with Crippen molar-refractivity contribution in [2.45, 2.75) is 0 Å². The lowest BCUT2D eigenvalue weighted by atomic mass is 9.97. The van der Waals surface area contributed by atoms with Crippen molar-refractivity contribution >= 4 is 5.91 Å². The number of carbonyl (C=O) groups is 1. The molecular formula is C23H19N3O2. The number of rotatable bonds is 5. The molecule has 0 aliphatic heterocycles. The molecule has 4 rings (SSSR count). The lowest BCUT2D eigenvalue weighted by Gasteiger charge is -2.08. The van der Waals surface area contributed by atoms with Crippen LogP contribution in [0, 0.1) is 0 Å². The van der Waals surface area contributed by atoms with Gasteiger partial charge in [0.2, 0.25) is 5.91 Å². The summed E-state index contributed by atoms with van der Waals surface area (Å²) in [5, 5.41) is 0. The molecule has 1 amide bonds. The van der Waals surface area contributed by atoms with Crippen LogP contribution in [0.2, 0.25) is 0 Å². The van der Waals surface area contributed by atoms with Crippen LogP contribution in [0.3, 0.4) is 0 Å². The van der Waals surface area contributed by atoms with Crippen molar-refractivity contribution in [3.63, 3.8) is 0 Å². The van der Waals surface area contributed by atoms with Gasteiger partial charge < -0.3 is 15.0 Å². The Kier molecular flexibility index (Phi) is 4.64. The molecule has 5 nitrogen and oxygen atoms in total. The van der Waals surface area contributed by atoms with Gasteiger partial charge in [0.05, 0.1) is 19.1 Å². The smallest absolute Gasteiger partial charge is 0.248 e. The van der Waals surface area contributed by atoms with Crippen LogP contribution < -0.4 is 10.5 Å². The van der Waals surface area contributed by atoms with Crippen molar-refractivity contribution in [1.29, 1.82) is 0 Å². The van der Waals surface area contributed by atoms with Gasteiger partial charge in [0.25, 0.3) is 0 Å². The summed E-state index contributed by atoms with van der Waals surface area (Å²) in [6.45, 7) is 0. The quantitative estimate of drug-likeness (QED) is 0.570. The molecule has 0 spiro atoms. The van der Waals surface area contributed by atoms with E-state index in [-0.39, 0.29) is 0 Å². The predicted molar refractivity (Wildman–Crippen MR) is 110 cm³/mol. The van der Waals surface area contributed by atoms with Crippen molar-refractivity contribution < 1.29 is 9.53 Å². The molecule has 0 aliphatic rings. The van der Waals surface area contributed by atoms with Gasteiger partial charge in [0, 0.05) is 23.0 Å². The average Bonchev–Trinajstić information content (AvgIpc) is 3.24. The third kappa shape index (κ3) is 3.38. The average molecular weight is 369 g/mol. The zero-order valence-corrected chi connectivity index (χ0v) is 15.4. The van der Waals surface area contributed by atoms with Crippen LogP contribution in [0.1, 0.15) is 10.4 Å². The Morgan fingerprint density at radius 3 is 2.25 bits per heavy atom. The summed E-state index contributed by atoms with van der Waals surface area (Å²) < 4.78 is 7.19. The summed E-state index contributed by atoms with van der Waals surface area (Å²) in [7, 11) is 1.65. The maximum absolute atomic E-state index is 11.3. The molecule has 4 aromatic rings. The molecule has 5 heteroatoms. The second-order valence-electron chi connectivity index (χ2n) is 6.35. The number of amides is 1. The van der Waals surface area contributed by atoms with Crippen molar-refractivity contribution in [3.8, 4) is 33.8 Å². The summed E-state index contributed by atoms with van der Waals surface area (Å²) in [6, 6.07) is 23.2. The molecule has 3 aromatic carbocycles. The molecule has 0 bridgehead atoms. The van der Waals surface area contributed by atoms with Gasteiger partial charge in [-0.25, -0.2) is 4.98 Å². The fraction of sp³-hybridized carbons (Fsp3) is 0.0435. The van der Waals surface area contributed by atoms with E-state index in [2.05, 4.69) is 4.98 Å². The van der Waals surface area contributed by atoms with E-state index < -0.39 is 5.91 Å². The first-order chi connectivity index (χ1) is 13.7. The minimum Gasteiger partial charge on any atom is -0.497 e. The Balaban J connectivity index is 1.70. The van der Waals surface area contributed by atoms with E-state index in [1.165, 1.54) is 0 Å². The number of carbonyl (C=O) groups excluding carboxylic acids is 1. The van der Waals surface area contributed by atoms with Gasteiger partial charge in [-0.3, -0.25) is 4.79 Å². The van der Waals surface area contributed by atoms with Crippen molar-refractivity contribution in [2.75, 3.05) is 7.11 Å². The molecule has 0 saturated carbocycles. The number of nitrogens with zero attached hydrogens (tertiary/aromatic N) is 2. The molecule has 28 heavy (non-hydrogen) atoms. The van der Waals surface area contributed by atoms with E-state index in [9.17, 15) is 4.79 Å². The molecule has 1 aromatic heterocycles. The normalized spacial score (nSPS) is 10.6. The highest BCUT2D eigenvalue weighted by molar-refractivity contribution is 5.93. The SMILES string of the molecule is COc1ccc(-n2cnc(-c3ccccc3-c3ccc(C(N)=O)cc3)c2)cc1. The maximum Gasteiger partial charge on any atom is 0.248 e. The number of methoxy groups -OCH3 is 1. The fourth-order valence-electron chi connectivity index (χ4n) is 3.13. The number of hydrogen-bond acceptors (Lipinski definition) is 3. The molecule has 0 fully saturated rings. The first-order valence-electron chi connectivity index (χ1n) is 8.84. The van der Waals surface area contributed by atoms with E-state index in [1.54, 1.807) is 25.6 Å². The van der Waals surface area contributed by atoms with E-state index in [0.29, 0.717) is 5.56 Å². The van der Waals surface area contributed by atoms with Crippen molar-refractivity contribution in [1.82, 2.24) is 9.55 Å². The topological polar surface area (TPSA) is 70.1 Å². The highest BCUT2D eigenvalue weighted by Gasteiger charge is 2.11. The standard InChI is InChI=1S/C23H19N3O2/c1-28-19-12-10-18(11-13-19)26-14-22(25-15-26)21-5-3-2-4-20(21)16-6-8-17(9-7-16)23(24)27/h2-15H,1H3,(H2,24,27). The van der Waals surface area contributed by atoms with Gasteiger partial charge in [0.15, 0.2) is 0 Å². The number of primary amides is 1. The van der Waals surface area contributed by atoms with Crippen molar-refractivity contribution in [2.24, 2.45) is 5.73 Å². The number of ether oxygens (including phenoxy) is 1. The van der Waals surface area contributed by atoms with Crippen LogP contribution in [0.5, 0.6) is 5.75 Å². The molecule has 138 valence electrons. The summed E-state index contributed by atoms with van der Waals surface area (Å²) in [6.07, 6.45) is 3.79. The molecule has 2 N–H and O–H groups in total. The minimum atomic E-state index is -0.432. The molecule has 0 aliphatic carbocycles. The highest BCUT2D eigenvalue weighted by atomic mass is 16.5. The lowest BCUT2D eigenvalue weighted by molar-refractivity contribution is 0.100. The van der Waals surface area contributed by atoms with Crippen molar-refractivity contribution in [3.05, 3.63) is 90.9 Å². The fourth-order valence-corrected chi connectivity index (χ4v) is 3.13. The number of imidazole rings is 1. The molecule has 0 atom stereocenters. The van der Waals surface area contributed by atoms with E-state index in [4.69, 9.17) is 10.5 Å². The Labute approximate surface area is 163 Å². The Morgan fingerprint density at radius 2 is 1.61 bits per heavy atom. The van der Waals surface area contributed by atoms with Crippen LogP contribution in [0.4, 0.5) is 0 Å². The van der Waals surface area contributed by atoms with Crippen LogP contribution in [0.25, 0.3) is 28.1 Å². The molecule has 1 heterocycles. The van der Waals surface area contributed by atoms with Crippen LogP contribution in [-0.4, -0.2) is 22.6 Å². The molecule has 0 saturated heterocycles. The van der Waals surface area contributed by atoms with Crippen LogP contribution >= 0.6 is 0 Å². The number of aromatic nitrogens is 2. The Morgan fingerprint density at radius 1 is 0.929 bits per heavy atom. The van der Waals surface area contributed by atoms with E-state index >= 15 is 0 Å². The first-order valence-corrected chi connectivity index (χ1v) is 8.84. The summed E-state index contributed by atoms with van der Waals surface area (Å²) in [5.41, 5.74) is 10.8. The first kappa shape index (κ1) is 17.5. The van der Waals surface area contributed by atoms with E-state index in [1.807, 2.05) is 71.4 Å². The number of hydrogen-bond donors (Lipinski definition) is 1. The Hall–Kier alpha value is -3.86. The zero-order valence-electron chi connectivity index (χ0n) is 15.4. The predicted octanol–water partition coefficient (Wildman–Crippen LogP) is 4.31. The highest BCUT2D eigenvalue weighted by Crippen LogP contribution is 2.31. The van der Waals surface area contributed by atoms with Crippen LogP contribution in [0.15, 0.2) is 85.3 Å². The van der Waals surface area contributed by atoms with Crippen LogP contribution in [-0.2, 0) is 0 Å². The largest absolute Gasteiger partial charge is 0.497 e. The van der Waals surface area contributed by atoms with Gasteiger partial charge in [-0.15, -0.1) is 0 Å². The summed E-state index contributed by atoms with van der Waals surface area (Å²) in [4.78, 5) is 15.9. The van der Waals surface area contributed by atoms with Gasteiger partial charge in [-0.2, -0.15) is 0 Å². The molecular weight excluding hydrogens is 350 g/mol. The Bertz CT molecular complexity index is 1110. The minimum absolute atomic E-state index is 0.432. The molecule has 0 radical (unpaired) electrons. The van der Waals surface area contributed by atoms with E-state index in [0.717, 1.165) is 33.8 Å².